The van der Waals surface area contributed by atoms with Crippen LogP contribution in [0.4, 0.5) is 4.79 Å². The summed E-state index contributed by atoms with van der Waals surface area (Å²) in [6.45, 7) is 3.68. The number of hydrogen-bond acceptors (Lipinski definition) is 6. The highest BCUT2D eigenvalue weighted by molar-refractivity contribution is 8.14. The molecule has 0 radical (unpaired) electrons. The van der Waals surface area contributed by atoms with Gasteiger partial charge in [-0.1, -0.05) is 11.8 Å². The lowest BCUT2D eigenvalue weighted by Gasteiger charge is -2.13. The Morgan fingerprint density at radius 2 is 2.04 bits per heavy atom. The molecule has 1 saturated heterocycles. The van der Waals surface area contributed by atoms with Crippen LogP contribution in [0.1, 0.15) is 40.6 Å². The topological polar surface area (TPSA) is 97.7 Å². The van der Waals surface area contributed by atoms with Crippen LogP contribution in [-0.2, 0) is 14.3 Å². The second kappa shape index (κ2) is 7.53. The van der Waals surface area contributed by atoms with Gasteiger partial charge < -0.3 is 14.6 Å². The first kappa shape index (κ1) is 18.5. The number of ether oxygens (including phenoxy) is 1. The zero-order valence-corrected chi connectivity index (χ0v) is 15.6. The summed E-state index contributed by atoms with van der Waals surface area (Å²) >= 11 is 0.948. The molecule has 9 heteroatoms. The van der Waals surface area contributed by atoms with Crippen molar-refractivity contribution in [1.82, 2.24) is 14.8 Å². The van der Waals surface area contributed by atoms with Crippen molar-refractivity contribution >= 4 is 34.8 Å². The number of thioether (sulfide) groups is 1. The van der Waals surface area contributed by atoms with Gasteiger partial charge in [0.15, 0.2) is 6.61 Å². The highest BCUT2D eigenvalue weighted by Crippen LogP contribution is 2.38. The van der Waals surface area contributed by atoms with Crippen LogP contribution in [0.2, 0.25) is 0 Å². The summed E-state index contributed by atoms with van der Waals surface area (Å²) in [6, 6.07) is 2.25. The summed E-state index contributed by atoms with van der Waals surface area (Å²) < 4.78 is 7.23. The standard InChI is InChI=1S/C17H21N3O5S/c1-10-7-13(11(2)20(10)12-3-4-12)16(23)25-8-14(21)18-5-6-19-15(22)9-26-17(19)24/h7,12H,3-6,8-9H2,1-2H3,(H,18,21). The number of rotatable bonds is 7. The van der Waals surface area contributed by atoms with Gasteiger partial charge in [-0.25, -0.2) is 4.79 Å². The van der Waals surface area contributed by atoms with Crippen molar-refractivity contribution in [3.63, 3.8) is 0 Å². The highest BCUT2D eigenvalue weighted by atomic mass is 32.2. The Morgan fingerprint density at radius 1 is 1.31 bits per heavy atom. The quantitative estimate of drug-likeness (QED) is 0.720. The van der Waals surface area contributed by atoms with Crippen molar-refractivity contribution in [2.75, 3.05) is 25.4 Å². The van der Waals surface area contributed by atoms with Gasteiger partial charge >= 0.3 is 5.97 Å². The average Bonchev–Trinajstić information content (AvgIpc) is 3.32. The predicted octanol–water partition coefficient (Wildman–Crippen LogP) is 1.41. The van der Waals surface area contributed by atoms with Crippen LogP contribution in [0, 0.1) is 13.8 Å². The van der Waals surface area contributed by atoms with Crippen LogP contribution in [-0.4, -0.2) is 57.9 Å². The number of esters is 1. The number of aryl methyl sites for hydroxylation is 1. The molecule has 2 fully saturated rings. The fourth-order valence-corrected chi connectivity index (χ4v) is 3.79. The molecule has 2 aliphatic rings. The molecule has 0 aromatic carbocycles. The summed E-state index contributed by atoms with van der Waals surface area (Å²) in [5.74, 6) is -1.11. The molecular weight excluding hydrogens is 358 g/mol. The molecule has 3 amide bonds. The molecule has 1 aromatic rings. The Balaban J connectivity index is 1.44. The summed E-state index contributed by atoms with van der Waals surface area (Å²) in [4.78, 5) is 48.0. The zero-order valence-electron chi connectivity index (χ0n) is 14.7. The van der Waals surface area contributed by atoms with E-state index >= 15 is 0 Å². The van der Waals surface area contributed by atoms with Gasteiger partial charge in [0.1, 0.15) is 0 Å². The smallest absolute Gasteiger partial charge is 0.340 e. The fourth-order valence-electron chi connectivity index (χ4n) is 3.04. The number of nitrogens with zero attached hydrogens (tertiary/aromatic N) is 2. The molecule has 1 aromatic heterocycles. The zero-order chi connectivity index (χ0) is 18.8. The number of carbonyl (C=O) groups is 4. The Hall–Kier alpha value is -2.29. The van der Waals surface area contributed by atoms with Crippen LogP contribution in [0.15, 0.2) is 6.07 Å². The van der Waals surface area contributed by atoms with E-state index in [1.54, 1.807) is 6.07 Å². The summed E-state index contributed by atoms with van der Waals surface area (Å²) in [5.41, 5.74) is 2.35. The van der Waals surface area contributed by atoms with Crippen molar-refractivity contribution in [2.24, 2.45) is 0 Å². The predicted molar refractivity (Wildman–Crippen MR) is 95.0 cm³/mol. The molecule has 1 aliphatic carbocycles. The molecule has 0 bridgehead atoms. The van der Waals surface area contributed by atoms with Crippen molar-refractivity contribution < 1.29 is 23.9 Å². The van der Waals surface area contributed by atoms with Crippen molar-refractivity contribution in [2.45, 2.75) is 32.7 Å². The van der Waals surface area contributed by atoms with E-state index in [1.165, 1.54) is 0 Å². The van der Waals surface area contributed by atoms with Crippen LogP contribution in [0.3, 0.4) is 0 Å². The van der Waals surface area contributed by atoms with Gasteiger partial charge in [0.05, 0.1) is 11.3 Å². The number of hydrogen-bond donors (Lipinski definition) is 1. The number of aromatic nitrogens is 1. The Morgan fingerprint density at radius 3 is 2.65 bits per heavy atom. The van der Waals surface area contributed by atoms with E-state index in [4.69, 9.17) is 4.74 Å². The molecule has 0 unspecified atom stereocenters. The number of carbonyl (C=O) groups excluding carboxylic acids is 4. The minimum absolute atomic E-state index is 0.118. The van der Waals surface area contributed by atoms with E-state index in [0.717, 1.165) is 40.9 Å². The van der Waals surface area contributed by atoms with Crippen LogP contribution in [0.25, 0.3) is 0 Å². The van der Waals surface area contributed by atoms with Gasteiger partial charge in [0, 0.05) is 30.5 Å². The third-order valence-corrected chi connectivity index (χ3v) is 5.31. The van der Waals surface area contributed by atoms with Gasteiger partial charge in [0.25, 0.3) is 11.1 Å². The number of amides is 3. The molecule has 1 aliphatic heterocycles. The molecule has 2 heterocycles. The molecule has 3 rings (SSSR count). The van der Waals surface area contributed by atoms with E-state index in [9.17, 15) is 19.2 Å². The number of nitrogens with one attached hydrogen (secondary N) is 1. The third kappa shape index (κ3) is 3.92. The Bertz CT molecular complexity index is 753. The third-order valence-electron chi connectivity index (χ3n) is 4.45. The maximum atomic E-state index is 12.2. The molecule has 8 nitrogen and oxygen atoms in total. The summed E-state index contributed by atoms with van der Waals surface area (Å²) in [7, 11) is 0. The van der Waals surface area contributed by atoms with E-state index in [2.05, 4.69) is 9.88 Å². The van der Waals surface area contributed by atoms with Crippen LogP contribution >= 0.6 is 11.8 Å². The van der Waals surface area contributed by atoms with E-state index in [-0.39, 0.29) is 30.0 Å². The summed E-state index contributed by atoms with van der Waals surface area (Å²) in [5, 5.41) is 2.24. The minimum Gasteiger partial charge on any atom is -0.452 e. The van der Waals surface area contributed by atoms with Crippen molar-refractivity contribution in [1.29, 1.82) is 0 Å². The lowest BCUT2D eigenvalue weighted by molar-refractivity contribution is -0.126. The molecule has 1 saturated carbocycles. The monoisotopic (exact) mass is 379 g/mol. The van der Waals surface area contributed by atoms with Crippen LogP contribution in [0.5, 0.6) is 0 Å². The Kier molecular flexibility index (Phi) is 5.36. The second-order valence-corrected chi connectivity index (χ2v) is 7.34. The molecule has 0 spiro atoms. The minimum atomic E-state index is -0.526. The van der Waals surface area contributed by atoms with Gasteiger partial charge in [-0.05, 0) is 32.8 Å². The van der Waals surface area contributed by atoms with Crippen molar-refractivity contribution in [3.8, 4) is 0 Å². The SMILES string of the molecule is Cc1cc(C(=O)OCC(=O)NCCN2C(=O)CSC2=O)c(C)n1C1CC1. The maximum absolute atomic E-state index is 12.2. The maximum Gasteiger partial charge on any atom is 0.340 e. The second-order valence-electron chi connectivity index (χ2n) is 6.41. The lowest BCUT2D eigenvalue weighted by atomic mass is 10.2. The first-order chi connectivity index (χ1) is 12.4. The molecular formula is C17H21N3O5S. The molecule has 1 N–H and O–H groups in total. The molecule has 140 valence electrons. The van der Waals surface area contributed by atoms with Gasteiger partial charge in [-0.2, -0.15) is 0 Å². The average molecular weight is 379 g/mol. The first-order valence-electron chi connectivity index (χ1n) is 8.48. The van der Waals surface area contributed by atoms with Gasteiger partial charge in [0.2, 0.25) is 5.91 Å². The van der Waals surface area contributed by atoms with E-state index < -0.39 is 18.5 Å². The largest absolute Gasteiger partial charge is 0.452 e. The molecule has 26 heavy (non-hydrogen) atoms. The van der Waals surface area contributed by atoms with Gasteiger partial charge in [-0.15, -0.1) is 0 Å². The van der Waals surface area contributed by atoms with Gasteiger partial charge in [-0.3, -0.25) is 19.3 Å². The Labute approximate surface area is 155 Å². The normalized spacial score (nSPS) is 16.9. The lowest BCUT2D eigenvalue weighted by Crippen LogP contribution is -2.38. The highest BCUT2D eigenvalue weighted by Gasteiger charge is 2.30. The first-order valence-corrected chi connectivity index (χ1v) is 9.46. The molecule has 0 atom stereocenters. The van der Waals surface area contributed by atoms with Crippen LogP contribution < -0.4 is 5.32 Å². The van der Waals surface area contributed by atoms with Crippen molar-refractivity contribution in [3.05, 3.63) is 23.0 Å². The summed E-state index contributed by atoms with van der Waals surface area (Å²) in [6.07, 6.45) is 2.24. The van der Waals surface area contributed by atoms with E-state index in [0.29, 0.717) is 11.6 Å². The number of imide groups is 1. The van der Waals surface area contributed by atoms with E-state index in [1.807, 2.05) is 13.8 Å². The fraction of sp³-hybridized carbons (Fsp3) is 0.529.